The highest BCUT2D eigenvalue weighted by atomic mass is 16.6. The Kier molecular flexibility index (Phi) is 3.76. The number of aliphatic hydroxyl groups excluding tert-OH is 1. The van der Waals surface area contributed by atoms with Gasteiger partial charge in [-0.3, -0.25) is 0 Å². The zero-order chi connectivity index (χ0) is 12.3. The zero-order valence-electron chi connectivity index (χ0n) is 9.70. The average Bonchev–Trinajstić information content (AvgIpc) is 2.34. The molecule has 1 N–H and O–H groups in total. The minimum atomic E-state index is -0.739. The van der Waals surface area contributed by atoms with Gasteiger partial charge < -0.3 is 14.6 Å². The van der Waals surface area contributed by atoms with Gasteiger partial charge >= 0.3 is 5.97 Å². The van der Waals surface area contributed by atoms with Gasteiger partial charge in [-0.05, 0) is 25.5 Å². The lowest BCUT2D eigenvalue weighted by Crippen LogP contribution is -2.39. The third-order valence-corrected chi connectivity index (χ3v) is 2.86. The highest BCUT2D eigenvalue weighted by Gasteiger charge is 2.30. The molecule has 17 heavy (non-hydrogen) atoms. The fourth-order valence-corrected chi connectivity index (χ4v) is 1.88. The van der Waals surface area contributed by atoms with Gasteiger partial charge in [0.25, 0.3) is 0 Å². The van der Waals surface area contributed by atoms with Gasteiger partial charge in [-0.2, -0.15) is 0 Å². The largest absolute Gasteiger partial charge is 0.456 e. The molecule has 1 saturated heterocycles. The fraction of sp³-hybridized carbons (Fsp3) is 0.462. The van der Waals surface area contributed by atoms with E-state index in [9.17, 15) is 9.90 Å². The summed E-state index contributed by atoms with van der Waals surface area (Å²) in [6, 6.07) is 8.86. The topological polar surface area (TPSA) is 55.8 Å². The Hall–Kier alpha value is -1.39. The number of carbonyl (C=O) groups excluding carboxylic acids is 1. The number of hydrogen-bond donors (Lipinski definition) is 1. The normalized spacial score (nSPS) is 28.7. The Morgan fingerprint density at radius 3 is 2.71 bits per heavy atom. The second-order valence-corrected chi connectivity index (χ2v) is 4.18. The summed E-state index contributed by atoms with van der Waals surface area (Å²) in [5.74, 6) is -0.345. The van der Waals surface area contributed by atoms with Crippen molar-refractivity contribution in [2.75, 3.05) is 0 Å². The van der Waals surface area contributed by atoms with Crippen molar-refractivity contribution < 1.29 is 19.4 Å². The quantitative estimate of drug-likeness (QED) is 0.794. The Balaban J connectivity index is 1.95. The molecule has 1 aromatic carbocycles. The van der Waals surface area contributed by atoms with Crippen LogP contribution in [0.25, 0.3) is 0 Å². The molecular weight excluding hydrogens is 220 g/mol. The van der Waals surface area contributed by atoms with Crippen LogP contribution in [0.4, 0.5) is 0 Å². The first-order chi connectivity index (χ1) is 8.16. The molecule has 0 radical (unpaired) electrons. The second kappa shape index (κ2) is 5.29. The summed E-state index contributed by atoms with van der Waals surface area (Å²) in [5.41, 5.74) is 0.533. The van der Waals surface area contributed by atoms with Gasteiger partial charge in [0.1, 0.15) is 6.10 Å². The summed E-state index contributed by atoms with van der Waals surface area (Å²) >= 11 is 0. The first kappa shape index (κ1) is 12.1. The van der Waals surface area contributed by atoms with E-state index in [4.69, 9.17) is 9.47 Å². The van der Waals surface area contributed by atoms with Crippen molar-refractivity contribution in [3.63, 3.8) is 0 Å². The van der Waals surface area contributed by atoms with Crippen LogP contribution >= 0.6 is 0 Å². The van der Waals surface area contributed by atoms with Crippen molar-refractivity contribution in [3.05, 3.63) is 35.9 Å². The van der Waals surface area contributed by atoms with Crippen molar-refractivity contribution in [1.29, 1.82) is 0 Å². The Bertz CT molecular complexity index is 376. The van der Waals surface area contributed by atoms with Crippen LogP contribution in [-0.4, -0.2) is 29.6 Å². The number of rotatable bonds is 2. The van der Waals surface area contributed by atoms with Crippen LogP contribution in [0, 0.1) is 0 Å². The van der Waals surface area contributed by atoms with Gasteiger partial charge in [-0.1, -0.05) is 18.2 Å². The van der Waals surface area contributed by atoms with Crippen LogP contribution in [0.2, 0.25) is 0 Å². The molecule has 4 nitrogen and oxygen atoms in total. The summed E-state index contributed by atoms with van der Waals surface area (Å²) < 4.78 is 10.6. The van der Waals surface area contributed by atoms with E-state index < -0.39 is 6.29 Å². The van der Waals surface area contributed by atoms with Gasteiger partial charge in [0.05, 0.1) is 11.7 Å². The Morgan fingerprint density at radius 1 is 1.35 bits per heavy atom. The van der Waals surface area contributed by atoms with Gasteiger partial charge in [-0.25, -0.2) is 4.79 Å². The predicted octanol–water partition coefficient (Wildman–Crippen LogP) is 1.73. The van der Waals surface area contributed by atoms with E-state index in [1.807, 2.05) is 6.07 Å². The molecule has 0 spiro atoms. The molecule has 1 unspecified atom stereocenters. The van der Waals surface area contributed by atoms with Gasteiger partial charge in [0, 0.05) is 6.42 Å². The van der Waals surface area contributed by atoms with E-state index in [1.165, 1.54) is 0 Å². The summed E-state index contributed by atoms with van der Waals surface area (Å²) in [5, 5.41) is 9.29. The maximum absolute atomic E-state index is 11.8. The van der Waals surface area contributed by atoms with Crippen molar-refractivity contribution in [1.82, 2.24) is 0 Å². The van der Waals surface area contributed by atoms with Crippen LogP contribution in [0.5, 0.6) is 0 Å². The number of aliphatic hydroxyl groups is 1. The Labute approximate surface area is 100 Å². The maximum Gasteiger partial charge on any atom is 0.338 e. The van der Waals surface area contributed by atoms with Gasteiger partial charge in [0.2, 0.25) is 0 Å². The van der Waals surface area contributed by atoms with Crippen molar-refractivity contribution in [2.24, 2.45) is 0 Å². The Morgan fingerprint density at radius 2 is 2.06 bits per heavy atom. The number of ether oxygens (including phenoxy) is 2. The molecule has 1 aliphatic heterocycles. The second-order valence-electron chi connectivity index (χ2n) is 4.18. The summed E-state index contributed by atoms with van der Waals surface area (Å²) in [7, 11) is 0. The van der Waals surface area contributed by atoms with E-state index in [0.717, 1.165) is 0 Å². The number of hydrogen-bond acceptors (Lipinski definition) is 4. The molecule has 3 atom stereocenters. The number of esters is 1. The third-order valence-electron chi connectivity index (χ3n) is 2.86. The van der Waals surface area contributed by atoms with Crippen LogP contribution in [0.3, 0.4) is 0 Å². The predicted molar refractivity (Wildman–Crippen MR) is 61.4 cm³/mol. The molecule has 1 aromatic rings. The molecular formula is C13H16O4. The summed E-state index contributed by atoms with van der Waals surface area (Å²) in [4.78, 5) is 11.8. The van der Waals surface area contributed by atoms with Crippen LogP contribution in [-0.2, 0) is 9.47 Å². The lowest BCUT2D eigenvalue weighted by Gasteiger charge is -2.31. The van der Waals surface area contributed by atoms with Crippen LogP contribution in [0.15, 0.2) is 30.3 Å². The lowest BCUT2D eigenvalue weighted by atomic mass is 10.1. The third kappa shape index (κ3) is 3.05. The molecule has 1 heterocycles. The van der Waals surface area contributed by atoms with Gasteiger partial charge in [-0.15, -0.1) is 0 Å². The first-order valence-electron chi connectivity index (χ1n) is 5.76. The molecule has 0 saturated carbocycles. The molecule has 0 aromatic heterocycles. The van der Waals surface area contributed by atoms with Crippen molar-refractivity contribution in [2.45, 2.75) is 38.3 Å². The van der Waals surface area contributed by atoms with E-state index in [2.05, 4.69) is 0 Å². The average molecular weight is 236 g/mol. The molecule has 2 rings (SSSR count). The minimum Gasteiger partial charge on any atom is -0.456 e. The fourth-order valence-electron chi connectivity index (χ4n) is 1.88. The standard InChI is InChI=1S/C13H16O4/c1-9-11(7-8-12(14)16-9)17-13(15)10-5-3-2-4-6-10/h2-6,9,11-12,14H,7-8H2,1H3/t9-,11+,12?/m0/s1. The number of carbonyl (C=O) groups is 1. The molecule has 4 heteroatoms. The minimum absolute atomic E-state index is 0.272. The van der Waals surface area contributed by atoms with E-state index in [0.29, 0.717) is 18.4 Å². The molecule has 92 valence electrons. The molecule has 1 aliphatic rings. The SMILES string of the molecule is C[C@@H]1OC(O)CC[C@H]1OC(=O)c1ccccc1. The maximum atomic E-state index is 11.8. The van der Waals surface area contributed by atoms with E-state index in [1.54, 1.807) is 31.2 Å². The molecule has 1 fully saturated rings. The number of benzene rings is 1. The summed E-state index contributed by atoms with van der Waals surface area (Å²) in [6.07, 6.45) is -0.174. The highest BCUT2D eigenvalue weighted by molar-refractivity contribution is 5.89. The van der Waals surface area contributed by atoms with Crippen LogP contribution < -0.4 is 0 Å². The highest BCUT2D eigenvalue weighted by Crippen LogP contribution is 2.21. The van der Waals surface area contributed by atoms with E-state index >= 15 is 0 Å². The monoisotopic (exact) mass is 236 g/mol. The zero-order valence-corrected chi connectivity index (χ0v) is 9.70. The molecule has 0 amide bonds. The smallest absolute Gasteiger partial charge is 0.338 e. The molecule has 0 aliphatic carbocycles. The lowest BCUT2D eigenvalue weighted by molar-refractivity contribution is -0.193. The van der Waals surface area contributed by atoms with Gasteiger partial charge in [0.15, 0.2) is 6.29 Å². The molecule has 0 bridgehead atoms. The van der Waals surface area contributed by atoms with Crippen molar-refractivity contribution in [3.8, 4) is 0 Å². The van der Waals surface area contributed by atoms with Crippen LogP contribution in [0.1, 0.15) is 30.1 Å². The summed E-state index contributed by atoms with van der Waals surface area (Å²) in [6.45, 7) is 1.80. The van der Waals surface area contributed by atoms with Crippen molar-refractivity contribution >= 4 is 5.97 Å². The first-order valence-corrected chi connectivity index (χ1v) is 5.76. The van der Waals surface area contributed by atoms with E-state index in [-0.39, 0.29) is 18.2 Å².